The molecule has 0 aromatic heterocycles. The monoisotopic (exact) mass is 275 g/mol. The summed E-state index contributed by atoms with van der Waals surface area (Å²) in [4.78, 5) is 14.7. The summed E-state index contributed by atoms with van der Waals surface area (Å²) >= 11 is 0. The largest absolute Gasteiger partial charge is 0.303 e. The first kappa shape index (κ1) is 16.9. The van der Waals surface area contributed by atoms with Crippen LogP contribution in [0.15, 0.2) is 24.3 Å². The summed E-state index contributed by atoms with van der Waals surface area (Å²) in [6.07, 6.45) is 5.52. The molecule has 0 fully saturated rings. The van der Waals surface area contributed by atoms with Crippen LogP contribution in [0.4, 0.5) is 0 Å². The summed E-state index contributed by atoms with van der Waals surface area (Å²) in [5.41, 5.74) is 1.98. The molecule has 0 unspecified atom stereocenters. The number of hydrogen-bond acceptors (Lipinski definition) is 2. The maximum Gasteiger partial charge on any atom is 0.164 e. The van der Waals surface area contributed by atoms with E-state index in [4.69, 9.17) is 0 Å². The van der Waals surface area contributed by atoms with E-state index in [-0.39, 0.29) is 5.78 Å². The van der Waals surface area contributed by atoms with Gasteiger partial charge in [0, 0.05) is 18.5 Å². The van der Waals surface area contributed by atoms with Gasteiger partial charge in [0.1, 0.15) is 0 Å². The molecular formula is C18H29NO. The second-order valence-electron chi connectivity index (χ2n) is 5.54. The van der Waals surface area contributed by atoms with Gasteiger partial charge in [0.2, 0.25) is 0 Å². The number of carbonyl (C=O) groups is 1. The molecule has 0 bridgehead atoms. The third kappa shape index (κ3) is 5.87. The quantitative estimate of drug-likeness (QED) is 0.587. The highest BCUT2D eigenvalue weighted by atomic mass is 16.1. The Morgan fingerprint density at radius 1 is 1.00 bits per heavy atom. The lowest BCUT2D eigenvalue weighted by molar-refractivity contribution is 0.0962. The molecule has 0 spiro atoms. The summed E-state index contributed by atoms with van der Waals surface area (Å²) < 4.78 is 0. The average molecular weight is 275 g/mol. The highest BCUT2D eigenvalue weighted by Crippen LogP contribution is 2.11. The van der Waals surface area contributed by atoms with Gasteiger partial charge in [0.05, 0.1) is 0 Å². The van der Waals surface area contributed by atoms with E-state index in [9.17, 15) is 4.79 Å². The standard InChI is InChI=1S/C18H29NO/c1-4-6-13-19(14-7-5-2)15-12-18(20)17-11-9-8-10-16(17)3/h8-11H,4-7,12-15H2,1-3H3. The molecule has 1 aromatic carbocycles. The highest BCUT2D eigenvalue weighted by Gasteiger charge is 2.11. The zero-order chi connectivity index (χ0) is 14.8. The van der Waals surface area contributed by atoms with E-state index in [0.717, 1.165) is 30.8 Å². The minimum Gasteiger partial charge on any atom is -0.303 e. The smallest absolute Gasteiger partial charge is 0.164 e. The van der Waals surface area contributed by atoms with Gasteiger partial charge < -0.3 is 4.90 Å². The number of nitrogens with zero attached hydrogens (tertiary/aromatic N) is 1. The topological polar surface area (TPSA) is 20.3 Å². The van der Waals surface area contributed by atoms with Crippen molar-refractivity contribution in [2.75, 3.05) is 19.6 Å². The van der Waals surface area contributed by atoms with Crippen molar-refractivity contribution in [1.29, 1.82) is 0 Å². The molecule has 112 valence electrons. The van der Waals surface area contributed by atoms with Gasteiger partial charge >= 0.3 is 0 Å². The summed E-state index contributed by atoms with van der Waals surface area (Å²) in [7, 11) is 0. The molecule has 1 aromatic rings. The molecule has 0 amide bonds. The molecule has 0 aliphatic heterocycles. The molecule has 0 saturated heterocycles. The van der Waals surface area contributed by atoms with E-state index in [1.54, 1.807) is 0 Å². The van der Waals surface area contributed by atoms with Crippen molar-refractivity contribution in [2.45, 2.75) is 52.9 Å². The first-order valence-electron chi connectivity index (χ1n) is 8.00. The fourth-order valence-electron chi connectivity index (χ4n) is 2.38. The van der Waals surface area contributed by atoms with Crippen molar-refractivity contribution in [3.8, 4) is 0 Å². The Balaban J connectivity index is 2.49. The fourth-order valence-corrected chi connectivity index (χ4v) is 2.38. The minimum atomic E-state index is 0.279. The second kappa shape index (κ2) is 9.71. The Morgan fingerprint density at radius 2 is 1.60 bits per heavy atom. The molecule has 0 aliphatic rings. The summed E-state index contributed by atoms with van der Waals surface area (Å²) in [6, 6.07) is 7.90. The normalized spacial score (nSPS) is 11.0. The van der Waals surface area contributed by atoms with Gasteiger partial charge in [-0.3, -0.25) is 4.79 Å². The van der Waals surface area contributed by atoms with Gasteiger partial charge in [-0.05, 0) is 38.4 Å². The lowest BCUT2D eigenvalue weighted by Gasteiger charge is -2.21. The molecule has 0 N–H and O–H groups in total. The third-order valence-corrected chi connectivity index (χ3v) is 3.76. The van der Waals surface area contributed by atoms with Crippen LogP contribution in [0.3, 0.4) is 0 Å². The lowest BCUT2D eigenvalue weighted by Crippen LogP contribution is -2.28. The molecule has 2 heteroatoms. The first-order chi connectivity index (χ1) is 9.69. The van der Waals surface area contributed by atoms with E-state index < -0.39 is 0 Å². The Bertz CT molecular complexity index is 392. The van der Waals surface area contributed by atoms with E-state index >= 15 is 0 Å². The van der Waals surface area contributed by atoms with Crippen LogP contribution in [0.2, 0.25) is 0 Å². The Morgan fingerprint density at radius 3 is 2.15 bits per heavy atom. The van der Waals surface area contributed by atoms with Crippen LogP contribution >= 0.6 is 0 Å². The molecule has 0 radical (unpaired) electrons. The molecule has 1 rings (SSSR count). The van der Waals surface area contributed by atoms with Crippen LogP contribution in [-0.2, 0) is 0 Å². The number of carbonyl (C=O) groups excluding carboxylic acids is 1. The summed E-state index contributed by atoms with van der Waals surface area (Å²) in [5.74, 6) is 0.279. The van der Waals surface area contributed by atoms with Crippen LogP contribution < -0.4 is 0 Å². The maximum absolute atomic E-state index is 12.3. The zero-order valence-electron chi connectivity index (χ0n) is 13.3. The van der Waals surface area contributed by atoms with Crippen molar-refractivity contribution in [3.63, 3.8) is 0 Å². The fraction of sp³-hybridized carbons (Fsp3) is 0.611. The average Bonchev–Trinajstić information content (AvgIpc) is 2.46. The van der Waals surface area contributed by atoms with Gasteiger partial charge in [-0.25, -0.2) is 0 Å². The number of unbranched alkanes of at least 4 members (excludes halogenated alkanes) is 2. The molecule has 2 nitrogen and oxygen atoms in total. The number of rotatable bonds is 10. The first-order valence-corrected chi connectivity index (χ1v) is 8.00. The second-order valence-corrected chi connectivity index (χ2v) is 5.54. The Kier molecular flexibility index (Phi) is 8.20. The van der Waals surface area contributed by atoms with E-state index in [1.165, 1.54) is 25.7 Å². The predicted octanol–water partition coefficient (Wildman–Crippen LogP) is 4.47. The number of hydrogen-bond donors (Lipinski definition) is 0. The van der Waals surface area contributed by atoms with Crippen molar-refractivity contribution in [3.05, 3.63) is 35.4 Å². The van der Waals surface area contributed by atoms with Crippen molar-refractivity contribution >= 4 is 5.78 Å². The van der Waals surface area contributed by atoms with Gasteiger partial charge in [0.25, 0.3) is 0 Å². The van der Waals surface area contributed by atoms with Crippen LogP contribution in [0.1, 0.15) is 61.9 Å². The molecule has 0 heterocycles. The van der Waals surface area contributed by atoms with Crippen molar-refractivity contribution in [2.24, 2.45) is 0 Å². The Hall–Kier alpha value is -1.15. The zero-order valence-corrected chi connectivity index (χ0v) is 13.3. The SMILES string of the molecule is CCCCN(CCCC)CCC(=O)c1ccccc1C. The molecule has 0 atom stereocenters. The van der Waals surface area contributed by atoms with Crippen LogP contribution in [-0.4, -0.2) is 30.3 Å². The van der Waals surface area contributed by atoms with Crippen LogP contribution in [0, 0.1) is 6.92 Å². The maximum atomic E-state index is 12.3. The van der Waals surface area contributed by atoms with E-state index in [1.807, 2.05) is 31.2 Å². The Labute approximate surface area is 124 Å². The number of benzene rings is 1. The summed E-state index contributed by atoms with van der Waals surface area (Å²) in [6.45, 7) is 9.59. The van der Waals surface area contributed by atoms with E-state index in [2.05, 4.69) is 18.7 Å². The van der Waals surface area contributed by atoms with Gasteiger partial charge in [-0.15, -0.1) is 0 Å². The minimum absolute atomic E-state index is 0.279. The number of ketones is 1. The van der Waals surface area contributed by atoms with Gasteiger partial charge in [0.15, 0.2) is 5.78 Å². The molecular weight excluding hydrogens is 246 g/mol. The molecule has 0 saturated carbocycles. The highest BCUT2D eigenvalue weighted by molar-refractivity contribution is 5.97. The third-order valence-electron chi connectivity index (χ3n) is 3.76. The molecule has 0 aliphatic carbocycles. The van der Waals surface area contributed by atoms with E-state index in [0.29, 0.717) is 6.42 Å². The van der Waals surface area contributed by atoms with Crippen LogP contribution in [0.5, 0.6) is 0 Å². The number of Topliss-reactive ketones (excluding diaryl/α,β-unsaturated/α-hetero) is 1. The summed E-state index contributed by atoms with van der Waals surface area (Å²) in [5, 5.41) is 0. The van der Waals surface area contributed by atoms with Crippen molar-refractivity contribution < 1.29 is 4.79 Å². The van der Waals surface area contributed by atoms with Gasteiger partial charge in [-0.2, -0.15) is 0 Å². The number of aryl methyl sites for hydroxylation is 1. The van der Waals surface area contributed by atoms with Crippen molar-refractivity contribution in [1.82, 2.24) is 4.90 Å². The lowest BCUT2D eigenvalue weighted by atomic mass is 10.0. The molecule has 20 heavy (non-hydrogen) atoms. The predicted molar refractivity (Wildman–Crippen MR) is 86.4 cm³/mol. The van der Waals surface area contributed by atoms with Gasteiger partial charge in [-0.1, -0.05) is 51.0 Å². The van der Waals surface area contributed by atoms with Crippen LogP contribution in [0.25, 0.3) is 0 Å².